The summed E-state index contributed by atoms with van der Waals surface area (Å²) in [5.41, 5.74) is 0. The number of allylic oxidation sites excluding steroid dienone is 1. The van der Waals surface area contributed by atoms with E-state index >= 15 is 0 Å². The van der Waals surface area contributed by atoms with Crippen molar-refractivity contribution in [2.75, 3.05) is 6.61 Å². The maximum absolute atomic E-state index is 12.5. The first-order chi connectivity index (χ1) is 13.2. The van der Waals surface area contributed by atoms with Crippen molar-refractivity contribution < 1.29 is 14.7 Å². The highest BCUT2D eigenvalue weighted by atomic mass is 16.2. The molecular formula is C24H44O3. The molecule has 27 heavy (non-hydrogen) atoms. The minimum absolute atomic E-state index is 0.193. The average molecular weight is 381 g/mol. The summed E-state index contributed by atoms with van der Waals surface area (Å²) in [5, 5.41) is 8.71. The highest BCUT2D eigenvalue weighted by Gasteiger charge is 2.24. The van der Waals surface area contributed by atoms with Gasteiger partial charge in [0.2, 0.25) is 0 Å². The van der Waals surface area contributed by atoms with Crippen molar-refractivity contribution in [3.63, 3.8) is 0 Å². The van der Waals surface area contributed by atoms with E-state index < -0.39 is 0 Å². The van der Waals surface area contributed by atoms with E-state index in [-0.39, 0.29) is 24.1 Å². The Morgan fingerprint density at radius 1 is 0.704 bits per heavy atom. The third kappa shape index (κ3) is 15.8. The van der Waals surface area contributed by atoms with E-state index in [2.05, 4.69) is 19.9 Å². The lowest BCUT2D eigenvalue weighted by Gasteiger charge is -2.15. The van der Waals surface area contributed by atoms with Gasteiger partial charge in [-0.3, -0.25) is 9.59 Å². The lowest BCUT2D eigenvalue weighted by molar-refractivity contribution is -0.133. The van der Waals surface area contributed by atoms with Gasteiger partial charge >= 0.3 is 0 Å². The summed E-state index contributed by atoms with van der Waals surface area (Å²) < 4.78 is 0. The average Bonchev–Trinajstić information content (AvgIpc) is 2.66. The van der Waals surface area contributed by atoms with Crippen molar-refractivity contribution >= 4 is 11.6 Å². The van der Waals surface area contributed by atoms with Gasteiger partial charge in [0, 0.05) is 19.4 Å². The number of rotatable bonds is 20. The molecule has 0 aromatic rings. The predicted molar refractivity (Wildman–Crippen MR) is 115 cm³/mol. The summed E-state index contributed by atoms with van der Waals surface area (Å²) in [7, 11) is 0. The molecule has 0 heterocycles. The van der Waals surface area contributed by atoms with Gasteiger partial charge in [0.15, 0.2) is 0 Å². The summed E-state index contributed by atoms with van der Waals surface area (Å²) in [6.45, 7) is 4.51. The van der Waals surface area contributed by atoms with Crippen molar-refractivity contribution in [2.24, 2.45) is 5.92 Å². The molecule has 0 rings (SSSR count). The maximum Gasteiger partial charge on any atom is 0.143 e. The third-order valence-corrected chi connectivity index (χ3v) is 5.16. The van der Waals surface area contributed by atoms with Gasteiger partial charge in [-0.1, -0.05) is 77.4 Å². The molecule has 0 aliphatic heterocycles. The molecule has 158 valence electrons. The number of Topliss-reactive ketones (excluding diaryl/α,β-unsaturated/α-hetero) is 2. The van der Waals surface area contributed by atoms with Gasteiger partial charge in [-0.25, -0.2) is 0 Å². The number of ketones is 2. The van der Waals surface area contributed by atoms with Crippen LogP contribution in [-0.2, 0) is 9.59 Å². The Balaban J connectivity index is 4.11. The molecule has 0 atom stereocenters. The second-order valence-electron chi connectivity index (χ2n) is 7.73. The van der Waals surface area contributed by atoms with Gasteiger partial charge < -0.3 is 5.11 Å². The van der Waals surface area contributed by atoms with E-state index in [1.165, 1.54) is 19.3 Å². The summed E-state index contributed by atoms with van der Waals surface area (Å²) in [6.07, 6.45) is 19.8. The van der Waals surface area contributed by atoms with Crippen molar-refractivity contribution in [3.05, 3.63) is 12.2 Å². The standard InChI is InChI=1S/C24H44O3/c1-3-5-14-19-23(26)22(24(27)20-15-6-4-2)18-16-12-10-8-7-9-11-13-17-21-25/h11,13,22,25H,3-10,12,14-21H2,1-2H3/b13-11-. The van der Waals surface area contributed by atoms with E-state index in [4.69, 9.17) is 5.11 Å². The molecule has 1 N–H and O–H groups in total. The van der Waals surface area contributed by atoms with Crippen LogP contribution in [0.3, 0.4) is 0 Å². The van der Waals surface area contributed by atoms with Gasteiger partial charge in [0.25, 0.3) is 0 Å². The molecule has 0 aliphatic rings. The Morgan fingerprint density at radius 3 is 1.78 bits per heavy atom. The fourth-order valence-electron chi connectivity index (χ4n) is 3.40. The van der Waals surface area contributed by atoms with Crippen LogP contribution in [0.2, 0.25) is 0 Å². The molecule has 0 unspecified atom stereocenters. The Morgan fingerprint density at radius 2 is 1.22 bits per heavy atom. The molecule has 3 heteroatoms. The Labute approximate surface area is 168 Å². The number of unbranched alkanes of at least 4 members (excludes halogenated alkanes) is 9. The fourth-order valence-corrected chi connectivity index (χ4v) is 3.40. The molecule has 3 nitrogen and oxygen atoms in total. The van der Waals surface area contributed by atoms with Crippen molar-refractivity contribution in [3.8, 4) is 0 Å². The molecular weight excluding hydrogens is 336 g/mol. The van der Waals surface area contributed by atoms with E-state index in [1.54, 1.807) is 0 Å². The third-order valence-electron chi connectivity index (χ3n) is 5.16. The Hall–Kier alpha value is -0.960. The molecule has 0 bridgehead atoms. The molecule has 0 aliphatic carbocycles. The first-order valence-electron chi connectivity index (χ1n) is 11.5. The number of hydrogen-bond acceptors (Lipinski definition) is 3. The van der Waals surface area contributed by atoms with Crippen LogP contribution in [0.25, 0.3) is 0 Å². The SMILES string of the molecule is CCCCCC(=O)C(CCCCCCC/C=C\CCO)C(=O)CCCCC. The summed E-state index contributed by atoms with van der Waals surface area (Å²) in [5.74, 6) is 0.0538. The zero-order chi connectivity index (χ0) is 20.2. The van der Waals surface area contributed by atoms with Crippen LogP contribution in [0, 0.1) is 5.92 Å². The molecule has 0 saturated carbocycles. The van der Waals surface area contributed by atoms with Crippen LogP contribution in [0.4, 0.5) is 0 Å². The summed E-state index contributed by atoms with van der Waals surface area (Å²) in [4.78, 5) is 25.1. The van der Waals surface area contributed by atoms with Crippen LogP contribution in [0.1, 0.15) is 117 Å². The molecule has 0 aromatic carbocycles. The van der Waals surface area contributed by atoms with Crippen LogP contribution in [0.5, 0.6) is 0 Å². The summed E-state index contributed by atoms with van der Waals surface area (Å²) in [6, 6.07) is 0. The topological polar surface area (TPSA) is 54.4 Å². The molecule has 0 spiro atoms. The van der Waals surface area contributed by atoms with Crippen molar-refractivity contribution in [1.29, 1.82) is 0 Å². The highest BCUT2D eigenvalue weighted by Crippen LogP contribution is 2.20. The normalized spacial score (nSPS) is 11.6. The number of hydrogen-bond donors (Lipinski definition) is 1. The molecule has 0 radical (unpaired) electrons. The number of carbonyl (C=O) groups excluding carboxylic acids is 2. The fraction of sp³-hybridized carbons (Fsp3) is 0.833. The first kappa shape index (κ1) is 26.0. The molecule has 0 amide bonds. The van der Waals surface area contributed by atoms with E-state index in [0.29, 0.717) is 12.8 Å². The minimum Gasteiger partial charge on any atom is -0.396 e. The molecule has 0 aromatic heterocycles. The second-order valence-corrected chi connectivity index (χ2v) is 7.73. The number of carbonyl (C=O) groups is 2. The maximum atomic E-state index is 12.5. The van der Waals surface area contributed by atoms with Gasteiger partial charge in [-0.2, -0.15) is 0 Å². The zero-order valence-electron chi connectivity index (χ0n) is 18.0. The van der Waals surface area contributed by atoms with Crippen LogP contribution in [-0.4, -0.2) is 23.3 Å². The van der Waals surface area contributed by atoms with Crippen LogP contribution >= 0.6 is 0 Å². The van der Waals surface area contributed by atoms with E-state index in [9.17, 15) is 9.59 Å². The van der Waals surface area contributed by atoms with Gasteiger partial charge in [0.1, 0.15) is 11.6 Å². The second kappa shape index (κ2) is 19.8. The van der Waals surface area contributed by atoms with E-state index in [1.807, 2.05) is 6.08 Å². The lowest BCUT2D eigenvalue weighted by Crippen LogP contribution is -2.24. The van der Waals surface area contributed by atoms with Crippen molar-refractivity contribution in [2.45, 2.75) is 117 Å². The van der Waals surface area contributed by atoms with E-state index in [0.717, 1.165) is 70.6 Å². The molecule has 0 saturated heterocycles. The Bertz CT molecular complexity index is 365. The van der Waals surface area contributed by atoms with Crippen LogP contribution in [0.15, 0.2) is 12.2 Å². The number of aliphatic hydroxyl groups is 1. The minimum atomic E-state index is -0.333. The highest BCUT2D eigenvalue weighted by molar-refractivity contribution is 6.02. The van der Waals surface area contributed by atoms with Gasteiger partial charge in [0.05, 0.1) is 5.92 Å². The van der Waals surface area contributed by atoms with Gasteiger partial charge in [-0.05, 0) is 38.5 Å². The Kier molecular flexibility index (Phi) is 19.1. The number of aliphatic hydroxyl groups excluding tert-OH is 1. The molecule has 0 fully saturated rings. The largest absolute Gasteiger partial charge is 0.396 e. The monoisotopic (exact) mass is 380 g/mol. The van der Waals surface area contributed by atoms with Crippen LogP contribution < -0.4 is 0 Å². The first-order valence-corrected chi connectivity index (χ1v) is 11.5. The lowest BCUT2D eigenvalue weighted by atomic mass is 9.87. The van der Waals surface area contributed by atoms with Gasteiger partial charge in [-0.15, -0.1) is 0 Å². The van der Waals surface area contributed by atoms with Crippen molar-refractivity contribution in [1.82, 2.24) is 0 Å². The zero-order valence-corrected chi connectivity index (χ0v) is 18.0. The summed E-state index contributed by atoms with van der Waals surface area (Å²) >= 11 is 0. The smallest absolute Gasteiger partial charge is 0.143 e. The predicted octanol–water partition coefficient (Wildman–Crippen LogP) is 6.57. The quantitative estimate of drug-likeness (QED) is 0.148.